The number of nitriles is 1. The Kier molecular flexibility index (Phi) is 7.98. The van der Waals surface area contributed by atoms with Gasteiger partial charge in [-0.05, 0) is 23.3 Å². The number of aromatic nitrogens is 1. The lowest BCUT2D eigenvalue weighted by molar-refractivity contribution is 0.108. The van der Waals surface area contributed by atoms with Crippen LogP contribution in [0.4, 0.5) is 0 Å². The van der Waals surface area contributed by atoms with Crippen molar-refractivity contribution in [2.75, 3.05) is 32.7 Å². The molecule has 0 amide bonds. The molecule has 0 saturated carbocycles. The van der Waals surface area contributed by atoms with E-state index in [1.54, 1.807) is 0 Å². The molecule has 0 spiro atoms. The first-order valence-electron chi connectivity index (χ1n) is 12.2. The number of thiazole rings is 1. The number of rotatable bonds is 7. The van der Waals surface area contributed by atoms with Crippen molar-refractivity contribution in [1.29, 1.82) is 5.26 Å². The summed E-state index contributed by atoms with van der Waals surface area (Å²) in [6.07, 6.45) is 0. The van der Waals surface area contributed by atoms with E-state index in [1.807, 2.05) is 41.8 Å². The highest BCUT2D eigenvalue weighted by molar-refractivity contribution is 7.11. The Balaban J connectivity index is 1.28. The predicted octanol–water partition coefficient (Wildman–Crippen LogP) is 6.66. The number of nitrogens with zero attached hydrogens (tertiary/aromatic N) is 4. The summed E-state index contributed by atoms with van der Waals surface area (Å²) in [6, 6.07) is 31.0. The van der Waals surface area contributed by atoms with E-state index in [0.29, 0.717) is 16.6 Å². The lowest BCUT2D eigenvalue weighted by Crippen LogP contribution is -2.48. The highest BCUT2D eigenvalue weighted by Crippen LogP contribution is 2.31. The van der Waals surface area contributed by atoms with Gasteiger partial charge < -0.3 is 5.11 Å². The van der Waals surface area contributed by atoms with Gasteiger partial charge in [0.15, 0.2) is 0 Å². The Morgan fingerprint density at radius 3 is 2.08 bits per heavy atom. The zero-order valence-corrected chi connectivity index (χ0v) is 21.9. The van der Waals surface area contributed by atoms with E-state index in [0.717, 1.165) is 37.4 Å². The van der Waals surface area contributed by atoms with E-state index in [1.165, 1.54) is 22.5 Å². The number of halogens is 1. The minimum atomic E-state index is 0.0654. The molecule has 0 aliphatic carbocycles. The van der Waals surface area contributed by atoms with Gasteiger partial charge in [0, 0.05) is 42.1 Å². The van der Waals surface area contributed by atoms with Crippen LogP contribution in [0.5, 0.6) is 0 Å². The van der Waals surface area contributed by atoms with Gasteiger partial charge in [-0.25, -0.2) is 4.98 Å². The zero-order chi connectivity index (χ0) is 25.6. The third kappa shape index (κ3) is 5.93. The molecule has 4 aromatic rings. The molecule has 1 aromatic heterocycles. The molecule has 0 radical (unpaired) electrons. The SMILES string of the molecule is N#C/C(=C(/O)CN1CCN(C(c2ccccc2)c2ccccc2)CC1)c1nc(-c2ccc(Cl)cc2)cs1. The van der Waals surface area contributed by atoms with Crippen molar-refractivity contribution in [3.8, 4) is 17.3 Å². The first-order valence-corrected chi connectivity index (χ1v) is 13.5. The average Bonchev–Trinajstić information content (AvgIpc) is 3.42. The molecule has 37 heavy (non-hydrogen) atoms. The van der Waals surface area contributed by atoms with Gasteiger partial charge in [0.1, 0.15) is 22.4 Å². The molecule has 0 bridgehead atoms. The van der Waals surface area contributed by atoms with Crippen LogP contribution in [-0.2, 0) is 0 Å². The summed E-state index contributed by atoms with van der Waals surface area (Å²) in [5.74, 6) is 0.0654. The summed E-state index contributed by atoms with van der Waals surface area (Å²) in [5.41, 5.74) is 4.47. The molecule has 1 saturated heterocycles. The normalized spacial score (nSPS) is 15.4. The molecule has 1 aliphatic heterocycles. The zero-order valence-electron chi connectivity index (χ0n) is 20.3. The molecule has 3 aromatic carbocycles. The molecule has 1 aliphatic rings. The Morgan fingerprint density at radius 1 is 0.919 bits per heavy atom. The Labute approximate surface area is 226 Å². The summed E-state index contributed by atoms with van der Waals surface area (Å²) in [7, 11) is 0. The van der Waals surface area contributed by atoms with Crippen LogP contribution in [0.15, 0.2) is 96.1 Å². The van der Waals surface area contributed by atoms with Crippen LogP contribution < -0.4 is 0 Å². The smallest absolute Gasteiger partial charge is 0.138 e. The number of aliphatic hydroxyl groups excluding tert-OH is 1. The molecule has 5 rings (SSSR count). The van der Waals surface area contributed by atoms with E-state index in [2.05, 4.69) is 69.4 Å². The van der Waals surface area contributed by atoms with E-state index < -0.39 is 0 Å². The lowest BCUT2D eigenvalue weighted by Gasteiger charge is -2.39. The first kappa shape index (κ1) is 25.2. The first-order chi connectivity index (χ1) is 18.1. The molecular weight excluding hydrogens is 500 g/mol. The highest BCUT2D eigenvalue weighted by atomic mass is 35.5. The third-order valence-corrected chi connectivity index (χ3v) is 7.75. The summed E-state index contributed by atoms with van der Waals surface area (Å²) in [5, 5.41) is 23.8. The van der Waals surface area contributed by atoms with Gasteiger partial charge in [-0.15, -0.1) is 11.3 Å². The van der Waals surface area contributed by atoms with Gasteiger partial charge in [0.2, 0.25) is 0 Å². The van der Waals surface area contributed by atoms with Crippen molar-refractivity contribution in [1.82, 2.24) is 14.8 Å². The predicted molar refractivity (Wildman–Crippen MR) is 150 cm³/mol. The maximum Gasteiger partial charge on any atom is 0.138 e. The van der Waals surface area contributed by atoms with Crippen LogP contribution in [0.3, 0.4) is 0 Å². The van der Waals surface area contributed by atoms with Gasteiger partial charge in [-0.2, -0.15) is 5.26 Å². The van der Waals surface area contributed by atoms with Crippen LogP contribution in [0, 0.1) is 11.3 Å². The molecule has 5 nitrogen and oxygen atoms in total. The molecule has 0 unspecified atom stereocenters. The molecule has 1 N–H and O–H groups in total. The second-order valence-corrected chi connectivity index (χ2v) is 10.3. The summed E-state index contributed by atoms with van der Waals surface area (Å²) >= 11 is 7.35. The monoisotopic (exact) mass is 526 g/mol. The van der Waals surface area contributed by atoms with Crippen LogP contribution in [0.25, 0.3) is 16.8 Å². The number of allylic oxidation sites excluding steroid dienone is 1. The van der Waals surface area contributed by atoms with E-state index in [4.69, 9.17) is 11.6 Å². The number of hydrogen-bond donors (Lipinski definition) is 1. The van der Waals surface area contributed by atoms with Gasteiger partial charge in [-0.1, -0.05) is 84.4 Å². The van der Waals surface area contributed by atoms with Crippen molar-refractivity contribution in [2.45, 2.75) is 6.04 Å². The fraction of sp³-hybridized carbons (Fsp3) is 0.200. The quantitative estimate of drug-likeness (QED) is 0.215. The number of benzene rings is 3. The molecular formula is C30H27ClN4OS. The van der Waals surface area contributed by atoms with E-state index in [9.17, 15) is 10.4 Å². The second-order valence-electron chi connectivity index (χ2n) is 9.01. The lowest BCUT2D eigenvalue weighted by atomic mass is 9.96. The number of piperazine rings is 1. The van der Waals surface area contributed by atoms with Crippen LogP contribution in [-0.4, -0.2) is 52.6 Å². The molecule has 2 heterocycles. The van der Waals surface area contributed by atoms with Crippen LogP contribution in [0.2, 0.25) is 5.02 Å². The van der Waals surface area contributed by atoms with E-state index in [-0.39, 0.29) is 17.4 Å². The number of aliphatic hydroxyl groups is 1. The van der Waals surface area contributed by atoms with Gasteiger partial charge >= 0.3 is 0 Å². The fourth-order valence-electron chi connectivity index (χ4n) is 4.73. The third-order valence-electron chi connectivity index (χ3n) is 6.63. The van der Waals surface area contributed by atoms with Crippen molar-refractivity contribution in [2.24, 2.45) is 0 Å². The van der Waals surface area contributed by atoms with Gasteiger partial charge in [0.05, 0.1) is 18.3 Å². The Morgan fingerprint density at radius 2 is 1.51 bits per heavy atom. The largest absolute Gasteiger partial charge is 0.509 e. The minimum absolute atomic E-state index is 0.0654. The minimum Gasteiger partial charge on any atom is -0.509 e. The highest BCUT2D eigenvalue weighted by Gasteiger charge is 2.27. The topological polar surface area (TPSA) is 63.4 Å². The van der Waals surface area contributed by atoms with Crippen molar-refractivity contribution < 1.29 is 5.11 Å². The average molecular weight is 527 g/mol. The maximum absolute atomic E-state index is 10.9. The number of hydrogen-bond acceptors (Lipinski definition) is 6. The molecule has 0 atom stereocenters. The van der Waals surface area contributed by atoms with Crippen molar-refractivity contribution in [3.63, 3.8) is 0 Å². The molecule has 186 valence electrons. The summed E-state index contributed by atoms with van der Waals surface area (Å²) in [6.45, 7) is 3.65. The molecule has 7 heteroatoms. The Hall–Kier alpha value is -3.47. The van der Waals surface area contributed by atoms with Gasteiger partial charge in [0.25, 0.3) is 0 Å². The van der Waals surface area contributed by atoms with E-state index >= 15 is 0 Å². The molecule has 1 fully saturated rings. The summed E-state index contributed by atoms with van der Waals surface area (Å²) in [4.78, 5) is 9.30. The second kappa shape index (κ2) is 11.7. The van der Waals surface area contributed by atoms with Crippen LogP contribution >= 0.6 is 22.9 Å². The Bertz CT molecular complexity index is 1350. The van der Waals surface area contributed by atoms with Gasteiger partial charge in [-0.3, -0.25) is 9.80 Å². The van der Waals surface area contributed by atoms with Crippen molar-refractivity contribution in [3.05, 3.63) is 117 Å². The standard InChI is InChI=1S/C30H27ClN4OS/c31-25-13-11-22(12-14-25)27-21-37-30(33-27)26(19-32)28(36)20-34-15-17-35(18-16-34)29(23-7-3-1-4-8-23)24-9-5-2-6-10-24/h1-14,21,29,36H,15-18,20H2/b28-26-. The summed E-state index contributed by atoms with van der Waals surface area (Å²) < 4.78 is 0. The van der Waals surface area contributed by atoms with Crippen molar-refractivity contribution >= 4 is 28.5 Å². The maximum atomic E-state index is 10.9. The fourth-order valence-corrected chi connectivity index (χ4v) is 5.70. The van der Waals surface area contributed by atoms with Crippen LogP contribution in [0.1, 0.15) is 22.2 Å².